The van der Waals surface area contributed by atoms with Crippen LogP contribution in [-0.4, -0.2) is 63.0 Å². The fourth-order valence-electron chi connectivity index (χ4n) is 3.59. The topological polar surface area (TPSA) is 86.4 Å². The van der Waals surface area contributed by atoms with Crippen LogP contribution in [0.5, 0.6) is 0 Å². The predicted molar refractivity (Wildman–Crippen MR) is 104 cm³/mol. The number of aromatic amines is 1. The Morgan fingerprint density at radius 1 is 1.07 bits per heavy atom. The minimum absolute atomic E-state index is 0.0609. The SMILES string of the molecule is C[C@H]1CN(C(=O)C(=O)c2c[nH]c3ncccc23)CCN1C(=O)c1ccccc1. The summed E-state index contributed by atoms with van der Waals surface area (Å²) < 4.78 is 0. The molecule has 0 radical (unpaired) electrons. The second-order valence-electron chi connectivity index (χ2n) is 6.90. The maximum Gasteiger partial charge on any atom is 0.295 e. The van der Waals surface area contributed by atoms with Gasteiger partial charge in [0, 0.05) is 49.0 Å². The van der Waals surface area contributed by atoms with Crippen LogP contribution in [0.3, 0.4) is 0 Å². The van der Waals surface area contributed by atoms with Gasteiger partial charge in [0.25, 0.3) is 17.6 Å². The van der Waals surface area contributed by atoms with E-state index in [9.17, 15) is 14.4 Å². The molecule has 1 aromatic carbocycles. The highest BCUT2D eigenvalue weighted by Crippen LogP contribution is 2.19. The number of aromatic nitrogens is 2. The lowest BCUT2D eigenvalue weighted by Gasteiger charge is -2.39. The number of Topliss-reactive ketones (excluding diaryl/α,β-unsaturated/α-hetero) is 1. The summed E-state index contributed by atoms with van der Waals surface area (Å²) in [5.41, 5.74) is 1.52. The van der Waals surface area contributed by atoms with Crippen molar-refractivity contribution in [2.24, 2.45) is 0 Å². The second-order valence-corrected chi connectivity index (χ2v) is 6.90. The average molecular weight is 376 g/mol. The third-order valence-corrected chi connectivity index (χ3v) is 5.09. The van der Waals surface area contributed by atoms with E-state index in [1.54, 1.807) is 35.4 Å². The number of H-pyrrole nitrogens is 1. The van der Waals surface area contributed by atoms with Gasteiger partial charge in [-0.3, -0.25) is 14.4 Å². The maximum absolute atomic E-state index is 12.8. The van der Waals surface area contributed by atoms with Crippen molar-refractivity contribution in [1.82, 2.24) is 19.8 Å². The van der Waals surface area contributed by atoms with E-state index in [4.69, 9.17) is 0 Å². The molecular formula is C21H20N4O3. The fraction of sp³-hybridized carbons (Fsp3) is 0.238. The van der Waals surface area contributed by atoms with E-state index in [1.807, 2.05) is 25.1 Å². The second kappa shape index (κ2) is 7.26. The van der Waals surface area contributed by atoms with Gasteiger partial charge in [0.15, 0.2) is 0 Å². The smallest absolute Gasteiger partial charge is 0.295 e. The van der Waals surface area contributed by atoms with Gasteiger partial charge in [-0.1, -0.05) is 18.2 Å². The lowest BCUT2D eigenvalue weighted by molar-refractivity contribution is -0.128. The Morgan fingerprint density at radius 2 is 1.86 bits per heavy atom. The van der Waals surface area contributed by atoms with Crippen molar-refractivity contribution < 1.29 is 14.4 Å². The summed E-state index contributed by atoms with van der Waals surface area (Å²) in [6, 6.07) is 12.4. The Morgan fingerprint density at radius 3 is 2.61 bits per heavy atom. The van der Waals surface area contributed by atoms with E-state index in [0.717, 1.165) is 0 Å². The van der Waals surface area contributed by atoms with Crippen LogP contribution in [-0.2, 0) is 4.79 Å². The highest BCUT2D eigenvalue weighted by molar-refractivity contribution is 6.44. The van der Waals surface area contributed by atoms with Crippen LogP contribution in [0.1, 0.15) is 27.6 Å². The molecule has 1 N–H and O–H groups in total. The zero-order chi connectivity index (χ0) is 19.7. The van der Waals surface area contributed by atoms with Gasteiger partial charge in [0.1, 0.15) is 5.65 Å². The standard InChI is InChI=1S/C21H20N4O3/c1-14-13-24(10-11-25(14)20(27)15-6-3-2-4-7-15)21(28)18(26)17-12-23-19-16(17)8-5-9-22-19/h2-9,12,14H,10-11,13H2,1H3,(H,22,23)/t14-/m0/s1. The Bertz CT molecular complexity index is 1040. The van der Waals surface area contributed by atoms with Gasteiger partial charge in [0.2, 0.25) is 0 Å². The lowest BCUT2D eigenvalue weighted by atomic mass is 10.1. The molecule has 1 saturated heterocycles. The quantitative estimate of drug-likeness (QED) is 0.560. The number of nitrogens with zero attached hydrogens (tertiary/aromatic N) is 3. The first kappa shape index (κ1) is 17.9. The normalized spacial score (nSPS) is 17.0. The van der Waals surface area contributed by atoms with Crippen LogP contribution in [0, 0.1) is 0 Å². The van der Waals surface area contributed by atoms with Crippen LogP contribution in [0.4, 0.5) is 0 Å². The molecule has 0 aliphatic carbocycles. The van der Waals surface area contributed by atoms with Crippen molar-refractivity contribution in [3.63, 3.8) is 0 Å². The number of hydrogen-bond acceptors (Lipinski definition) is 4. The van der Waals surface area contributed by atoms with Crippen LogP contribution >= 0.6 is 0 Å². The van der Waals surface area contributed by atoms with Gasteiger partial charge in [-0.05, 0) is 31.2 Å². The molecule has 7 heteroatoms. The Hall–Kier alpha value is -3.48. The van der Waals surface area contributed by atoms with E-state index in [-0.39, 0.29) is 11.9 Å². The molecule has 28 heavy (non-hydrogen) atoms. The van der Waals surface area contributed by atoms with Crippen LogP contribution in [0.15, 0.2) is 54.9 Å². The summed E-state index contributed by atoms with van der Waals surface area (Å²) in [6.07, 6.45) is 3.15. The Balaban J connectivity index is 1.47. The lowest BCUT2D eigenvalue weighted by Crippen LogP contribution is -2.56. The van der Waals surface area contributed by atoms with Crippen molar-refractivity contribution in [2.75, 3.05) is 19.6 Å². The molecule has 1 fully saturated rings. The van der Waals surface area contributed by atoms with Crippen LogP contribution in [0.25, 0.3) is 11.0 Å². The average Bonchev–Trinajstić information content (AvgIpc) is 3.17. The molecule has 7 nitrogen and oxygen atoms in total. The van der Waals surface area contributed by atoms with Gasteiger partial charge in [-0.2, -0.15) is 0 Å². The number of fused-ring (bicyclic) bond motifs is 1. The number of benzene rings is 1. The molecule has 2 amide bonds. The molecular weight excluding hydrogens is 356 g/mol. The van der Waals surface area contributed by atoms with Crippen molar-refractivity contribution in [3.8, 4) is 0 Å². The molecule has 1 aliphatic rings. The van der Waals surface area contributed by atoms with Crippen molar-refractivity contribution in [2.45, 2.75) is 13.0 Å². The van der Waals surface area contributed by atoms with Gasteiger partial charge in [0.05, 0.1) is 5.56 Å². The molecule has 1 atom stereocenters. The summed E-state index contributed by atoms with van der Waals surface area (Å²) in [6.45, 7) is 2.93. The molecule has 0 bridgehead atoms. The highest BCUT2D eigenvalue weighted by atomic mass is 16.2. The van der Waals surface area contributed by atoms with E-state index in [0.29, 0.717) is 41.8 Å². The number of carbonyl (C=O) groups excluding carboxylic acids is 3. The third kappa shape index (κ3) is 3.15. The first-order chi connectivity index (χ1) is 13.6. The zero-order valence-corrected chi connectivity index (χ0v) is 15.5. The number of amides is 2. The maximum atomic E-state index is 12.8. The molecule has 1 aliphatic heterocycles. The summed E-state index contributed by atoms with van der Waals surface area (Å²) in [5, 5.41) is 0.631. The summed E-state index contributed by atoms with van der Waals surface area (Å²) in [5.74, 6) is -1.17. The number of carbonyl (C=O) groups is 3. The van der Waals surface area contributed by atoms with Gasteiger partial charge in [-0.25, -0.2) is 4.98 Å². The molecule has 4 rings (SSSR count). The number of rotatable bonds is 3. The van der Waals surface area contributed by atoms with Gasteiger partial charge < -0.3 is 14.8 Å². The van der Waals surface area contributed by atoms with Crippen molar-refractivity contribution in [1.29, 1.82) is 0 Å². The molecule has 0 spiro atoms. The summed E-state index contributed by atoms with van der Waals surface area (Å²) in [4.78, 5) is 48.6. The first-order valence-electron chi connectivity index (χ1n) is 9.18. The summed E-state index contributed by atoms with van der Waals surface area (Å²) in [7, 11) is 0. The monoisotopic (exact) mass is 376 g/mol. The fourth-order valence-corrected chi connectivity index (χ4v) is 3.59. The highest BCUT2D eigenvalue weighted by Gasteiger charge is 2.33. The minimum Gasteiger partial charge on any atom is -0.345 e. The predicted octanol–water partition coefficient (Wildman–Crippen LogP) is 2.12. The summed E-state index contributed by atoms with van der Waals surface area (Å²) >= 11 is 0. The Labute approximate surface area is 162 Å². The molecule has 3 aromatic rings. The third-order valence-electron chi connectivity index (χ3n) is 5.09. The van der Waals surface area contributed by atoms with E-state index >= 15 is 0 Å². The van der Waals surface area contributed by atoms with Crippen LogP contribution in [0.2, 0.25) is 0 Å². The van der Waals surface area contributed by atoms with E-state index in [1.165, 1.54) is 11.1 Å². The van der Waals surface area contributed by atoms with Gasteiger partial charge in [-0.15, -0.1) is 0 Å². The first-order valence-corrected chi connectivity index (χ1v) is 9.18. The Kier molecular flexibility index (Phi) is 4.65. The number of ketones is 1. The van der Waals surface area contributed by atoms with Crippen molar-refractivity contribution in [3.05, 3.63) is 66.0 Å². The van der Waals surface area contributed by atoms with E-state index < -0.39 is 11.7 Å². The van der Waals surface area contributed by atoms with Crippen LogP contribution < -0.4 is 0 Å². The molecule has 0 unspecified atom stereocenters. The van der Waals surface area contributed by atoms with Crippen molar-refractivity contribution >= 4 is 28.6 Å². The minimum atomic E-state index is -0.561. The largest absolute Gasteiger partial charge is 0.345 e. The molecule has 2 aromatic heterocycles. The number of nitrogens with one attached hydrogen (secondary N) is 1. The zero-order valence-electron chi connectivity index (χ0n) is 15.5. The molecule has 142 valence electrons. The number of pyridine rings is 1. The van der Waals surface area contributed by atoms with Gasteiger partial charge >= 0.3 is 0 Å². The number of piperazine rings is 1. The number of hydrogen-bond donors (Lipinski definition) is 1. The van der Waals surface area contributed by atoms with E-state index in [2.05, 4.69) is 9.97 Å². The molecule has 3 heterocycles. The molecule has 0 saturated carbocycles.